The molecular weight excluding hydrogens is 274 g/mol. The van der Waals surface area contributed by atoms with Gasteiger partial charge in [0, 0.05) is 19.1 Å². The first-order chi connectivity index (χ1) is 8.92. The van der Waals surface area contributed by atoms with Crippen LogP contribution in [0.4, 0.5) is 0 Å². The highest BCUT2D eigenvalue weighted by Crippen LogP contribution is 2.31. The summed E-state index contributed by atoms with van der Waals surface area (Å²) in [5.74, 6) is 0.321. The van der Waals surface area contributed by atoms with Crippen molar-refractivity contribution in [1.82, 2.24) is 15.1 Å². The van der Waals surface area contributed by atoms with Crippen molar-refractivity contribution < 1.29 is 4.79 Å². The molecule has 118 valence electrons. The van der Waals surface area contributed by atoms with Gasteiger partial charge in [0.15, 0.2) is 0 Å². The molecule has 0 aromatic heterocycles. The predicted molar refractivity (Wildman–Crippen MR) is 85.3 cm³/mol. The number of carbonyl (C=O) groups excluding carboxylic acids is 1. The predicted octanol–water partition coefficient (Wildman–Crippen LogP) is 1.74. The zero-order chi connectivity index (χ0) is 14.0. The number of nitrogens with one attached hydrogen (secondary N) is 1. The molecule has 5 heteroatoms. The number of likely N-dealkylation sites (tertiary alicyclic amines) is 1. The van der Waals surface area contributed by atoms with Gasteiger partial charge in [-0.1, -0.05) is 13.8 Å². The minimum Gasteiger partial charge on any atom is -0.341 e. The number of hydrogen-bond donors (Lipinski definition) is 1. The van der Waals surface area contributed by atoms with Crippen molar-refractivity contribution in [3.05, 3.63) is 0 Å². The summed E-state index contributed by atoms with van der Waals surface area (Å²) in [4.78, 5) is 17.1. The highest BCUT2D eigenvalue weighted by molar-refractivity contribution is 5.85. The van der Waals surface area contributed by atoms with E-state index in [0.29, 0.717) is 11.9 Å². The third kappa shape index (κ3) is 3.86. The van der Waals surface area contributed by atoms with Crippen LogP contribution in [0.25, 0.3) is 0 Å². The quantitative estimate of drug-likeness (QED) is 0.844. The van der Waals surface area contributed by atoms with E-state index < -0.39 is 0 Å². The number of amides is 1. The Morgan fingerprint density at radius 3 is 2.35 bits per heavy atom. The van der Waals surface area contributed by atoms with Gasteiger partial charge < -0.3 is 15.1 Å². The van der Waals surface area contributed by atoms with E-state index in [1.54, 1.807) is 0 Å². The van der Waals surface area contributed by atoms with Crippen LogP contribution in [0, 0.1) is 5.41 Å². The van der Waals surface area contributed by atoms with E-state index in [0.717, 1.165) is 38.9 Å². The molecule has 2 heterocycles. The Hall–Kier alpha value is -0.320. The van der Waals surface area contributed by atoms with Crippen molar-refractivity contribution >= 4 is 18.3 Å². The molecule has 2 aliphatic heterocycles. The second-order valence-corrected chi connectivity index (χ2v) is 7.00. The topological polar surface area (TPSA) is 35.6 Å². The molecule has 0 aromatic rings. The van der Waals surface area contributed by atoms with E-state index in [-0.39, 0.29) is 23.9 Å². The lowest BCUT2D eigenvalue weighted by Gasteiger charge is -2.43. The van der Waals surface area contributed by atoms with E-state index in [1.807, 2.05) is 0 Å². The Balaban J connectivity index is 0.00000200. The van der Waals surface area contributed by atoms with Gasteiger partial charge in [-0.3, -0.25) is 4.79 Å². The van der Waals surface area contributed by atoms with Crippen molar-refractivity contribution in [3.63, 3.8) is 0 Å². The molecule has 1 amide bonds. The molecule has 1 atom stereocenters. The number of hydrogen-bond acceptors (Lipinski definition) is 3. The number of piperidine rings is 2. The number of carbonyl (C=O) groups is 1. The summed E-state index contributed by atoms with van der Waals surface area (Å²) in [7, 11) is 4.27. The Bertz CT molecular complexity index is 325. The van der Waals surface area contributed by atoms with Crippen molar-refractivity contribution in [2.24, 2.45) is 5.41 Å². The first kappa shape index (κ1) is 17.7. The molecular formula is C15H30ClN3O. The largest absolute Gasteiger partial charge is 0.341 e. The van der Waals surface area contributed by atoms with Gasteiger partial charge in [0.1, 0.15) is 0 Å². The molecule has 0 radical (unpaired) electrons. The molecule has 2 aliphatic rings. The normalized spacial score (nSPS) is 27.2. The van der Waals surface area contributed by atoms with Crippen LogP contribution in [0.15, 0.2) is 0 Å². The first-order valence-corrected chi connectivity index (χ1v) is 7.60. The molecule has 1 unspecified atom stereocenters. The Labute approximate surface area is 129 Å². The van der Waals surface area contributed by atoms with Crippen molar-refractivity contribution in [3.8, 4) is 0 Å². The minimum absolute atomic E-state index is 0. The maximum atomic E-state index is 12.7. The molecule has 0 aliphatic carbocycles. The van der Waals surface area contributed by atoms with Gasteiger partial charge in [-0.25, -0.2) is 0 Å². The van der Waals surface area contributed by atoms with Crippen LogP contribution in [0.2, 0.25) is 0 Å². The van der Waals surface area contributed by atoms with Crippen LogP contribution in [0.5, 0.6) is 0 Å². The third-order valence-electron chi connectivity index (χ3n) is 4.88. The molecule has 1 N–H and O–H groups in total. The summed E-state index contributed by atoms with van der Waals surface area (Å²) in [6.07, 6.45) is 4.53. The maximum Gasteiger partial charge on any atom is 0.240 e. The third-order valence-corrected chi connectivity index (χ3v) is 4.88. The van der Waals surface area contributed by atoms with Crippen LogP contribution in [-0.2, 0) is 4.79 Å². The summed E-state index contributed by atoms with van der Waals surface area (Å²) in [6, 6.07) is 0.647. The molecule has 0 saturated carbocycles. The Morgan fingerprint density at radius 1 is 1.25 bits per heavy atom. The number of rotatable bonds is 2. The fourth-order valence-electron chi connectivity index (χ4n) is 3.42. The Morgan fingerprint density at radius 2 is 1.85 bits per heavy atom. The van der Waals surface area contributed by atoms with Crippen molar-refractivity contribution in [2.45, 2.75) is 51.6 Å². The highest BCUT2D eigenvalue weighted by atomic mass is 35.5. The average molecular weight is 304 g/mol. The molecule has 20 heavy (non-hydrogen) atoms. The molecule has 2 rings (SSSR count). The Kier molecular flexibility index (Phi) is 6.29. The first-order valence-electron chi connectivity index (χ1n) is 7.60. The van der Waals surface area contributed by atoms with Gasteiger partial charge in [0.25, 0.3) is 0 Å². The lowest BCUT2D eigenvalue weighted by molar-refractivity contribution is -0.138. The van der Waals surface area contributed by atoms with Crippen LogP contribution < -0.4 is 5.32 Å². The van der Waals surface area contributed by atoms with Crippen molar-refractivity contribution in [2.75, 3.05) is 33.7 Å². The zero-order valence-corrected chi connectivity index (χ0v) is 14.1. The summed E-state index contributed by atoms with van der Waals surface area (Å²) < 4.78 is 0. The van der Waals surface area contributed by atoms with E-state index in [1.165, 1.54) is 6.42 Å². The van der Waals surface area contributed by atoms with E-state index >= 15 is 0 Å². The number of nitrogens with zero attached hydrogens (tertiary/aromatic N) is 2. The molecule has 4 nitrogen and oxygen atoms in total. The molecule has 0 bridgehead atoms. The van der Waals surface area contributed by atoms with Gasteiger partial charge >= 0.3 is 0 Å². The summed E-state index contributed by atoms with van der Waals surface area (Å²) in [5, 5.41) is 3.44. The van der Waals surface area contributed by atoms with E-state index in [4.69, 9.17) is 0 Å². The SMILES string of the molecule is CN(C)C1CCN(C(=O)C2NCCCC2(C)C)CC1.Cl. The van der Waals surface area contributed by atoms with Gasteiger partial charge in [-0.2, -0.15) is 0 Å². The molecule has 0 spiro atoms. The second kappa shape index (κ2) is 7.10. The zero-order valence-electron chi connectivity index (χ0n) is 13.3. The van der Waals surface area contributed by atoms with Crippen LogP contribution in [0.3, 0.4) is 0 Å². The lowest BCUT2D eigenvalue weighted by atomic mass is 9.77. The smallest absolute Gasteiger partial charge is 0.240 e. The molecule has 0 aromatic carbocycles. The molecule has 2 saturated heterocycles. The fourth-order valence-corrected chi connectivity index (χ4v) is 3.42. The number of halogens is 1. The summed E-state index contributed by atoms with van der Waals surface area (Å²) >= 11 is 0. The lowest BCUT2D eigenvalue weighted by Crippen LogP contribution is -2.58. The van der Waals surface area contributed by atoms with Crippen molar-refractivity contribution in [1.29, 1.82) is 0 Å². The highest BCUT2D eigenvalue weighted by Gasteiger charge is 2.39. The van der Waals surface area contributed by atoms with Gasteiger partial charge in [0.2, 0.25) is 5.91 Å². The van der Waals surface area contributed by atoms with E-state index in [9.17, 15) is 4.79 Å². The van der Waals surface area contributed by atoms with Crippen LogP contribution in [0.1, 0.15) is 39.5 Å². The van der Waals surface area contributed by atoms with Crippen LogP contribution >= 0.6 is 12.4 Å². The molecule has 2 fully saturated rings. The van der Waals surface area contributed by atoms with Crippen LogP contribution in [-0.4, -0.2) is 61.5 Å². The fraction of sp³-hybridized carbons (Fsp3) is 0.933. The second-order valence-electron chi connectivity index (χ2n) is 7.00. The summed E-state index contributed by atoms with van der Waals surface area (Å²) in [5.41, 5.74) is 0.0910. The van der Waals surface area contributed by atoms with Gasteiger partial charge in [-0.05, 0) is 51.7 Å². The minimum atomic E-state index is 0. The van der Waals surface area contributed by atoms with E-state index in [2.05, 4.69) is 43.1 Å². The van der Waals surface area contributed by atoms with Gasteiger partial charge in [-0.15, -0.1) is 12.4 Å². The average Bonchev–Trinajstić information content (AvgIpc) is 2.37. The maximum absolute atomic E-state index is 12.7. The summed E-state index contributed by atoms with van der Waals surface area (Å²) in [6.45, 7) is 7.24. The standard InChI is InChI=1S/C15H29N3O.ClH/c1-15(2)8-5-9-16-13(15)14(19)18-10-6-12(7-11-18)17(3)4;/h12-13,16H,5-11H2,1-4H3;1H. The monoisotopic (exact) mass is 303 g/mol. The van der Waals surface area contributed by atoms with Gasteiger partial charge in [0.05, 0.1) is 6.04 Å².